The van der Waals surface area contributed by atoms with Crippen molar-refractivity contribution in [3.8, 4) is 11.3 Å². The molecule has 2 heterocycles. The van der Waals surface area contributed by atoms with Gasteiger partial charge in [-0.05, 0) is 37.1 Å². The van der Waals surface area contributed by atoms with Gasteiger partial charge in [0.1, 0.15) is 11.8 Å². The Balaban J connectivity index is 1.61. The first-order valence-corrected chi connectivity index (χ1v) is 8.68. The number of hydrogen-bond donors (Lipinski definition) is 1. The van der Waals surface area contributed by atoms with Gasteiger partial charge in [-0.2, -0.15) is 13.2 Å². The van der Waals surface area contributed by atoms with Crippen LogP contribution in [-0.2, 0) is 15.8 Å². The molecule has 1 saturated carbocycles. The van der Waals surface area contributed by atoms with Crippen LogP contribution in [0.3, 0.4) is 0 Å². The van der Waals surface area contributed by atoms with Crippen molar-refractivity contribution in [3.05, 3.63) is 47.7 Å². The topological polar surface area (TPSA) is 79.6 Å². The van der Waals surface area contributed by atoms with Gasteiger partial charge in [0.25, 0.3) is 5.91 Å². The molecular weight excluding hydrogens is 377 g/mol. The maximum absolute atomic E-state index is 12.9. The largest absolute Gasteiger partial charge is 0.451 e. The lowest BCUT2D eigenvalue weighted by molar-refractivity contribution is -0.137. The van der Waals surface area contributed by atoms with E-state index in [1.807, 2.05) is 0 Å². The normalized spacial score (nSPS) is 19.6. The second-order valence-electron chi connectivity index (χ2n) is 6.82. The number of hydrogen-bond acceptors (Lipinski definition) is 4. The zero-order valence-corrected chi connectivity index (χ0v) is 14.5. The minimum Gasteiger partial charge on any atom is -0.451 e. The summed E-state index contributed by atoms with van der Waals surface area (Å²) in [4.78, 5) is 37.7. The van der Waals surface area contributed by atoms with Gasteiger partial charge in [-0.1, -0.05) is 12.1 Å². The highest BCUT2D eigenvalue weighted by Gasteiger charge is 2.45. The van der Waals surface area contributed by atoms with E-state index in [9.17, 15) is 27.6 Å². The predicted octanol–water partition coefficient (Wildman–Crippen LogP) is 2.99. The lowest BCUT2D eigenvalue weighted by Crippen LogP contribution is -2.45. The Bertz CT molecular complexity index is 962. The third-order valence-electron chi connectivity index (χ3n) is 4.75. The Labute approximate surface area is 157 Å². The van der Waals surface area contributed by atoms with Crippen LogP contribution in [0.25, 0.3) is 11.3 Å². The molecule has 2 aliphatic rings. The first-order valence-electron chi connectivity index (χ1n) is 8.68. The fourth-order valence-electron chi connectivity index (χ4n) is 3.26. The number of furan rings is 1. The molecule has 0 spiro atoms. The summed E-state index contributed by atoms with van der Waals surface area (Å²) in [5.74, 6) is -1.52. The third kappa shape index (κ3) is 3.39. The van der Waals surface area contributed by atoms with Crippen LogP contribution in [0.2, 0.25) is 0 Å². The lowest BCUT2D eigenvalue weighted by Gasteiger charge is -2.25. The van der Waals surface area contributed by atoms with Crippen molar-refractivity contribution in [3.63, 3.8) is 0 Å². The summed E-state index contributed by atoms with van der Waals surface area (Å²) >= 11 is 0. The monoisotopic (exact) mass is 392 g/mol. The average molecular weight is 392 g/mol. The van der Waals surface area contributed by atoms with E-state index in [2.05, 4.69) is 5.32 Å². The molecule has 0 unspecified atom stereocenters. The van der Waals surface area contributed by atoms with Gasteiger partial charge in [0, 0.05) is 11.6 Å². The van der Waals surface area contributed by atoms with E-state index in [0.29, 0.717) is 12.8 Å². The molecule has 1 aromatic heterocycles. The van der Waals surface area contributed by atoms with Crippen molar-refractivity contribution in [2.45, 2.75) is 37.5 Å². The molecule has 3 amide bonds. The standard InChI is InChI=1S/C19H15F3N2O4/c20-19(21,22)11-3-1-2-10(8-11)14-6-7-15(28-14)18(27)24(12-4-5-12)13-9-16(25)23-17(13)26/h1-3,6-8,12-13H,4-5,9H2,(H,23,25,26)/t13-/m0/s1. The fraction of sp³-hybridized carbons (Fsp3) is 0.316. The molecule has 1 aromatic carbocycles. The SMILES string of the molecule is O=C1C[C@H](N(C(=O)c2ccc(-c3cccc(C(F)(F)F)c3)o2)C2CC2)C(=O)N1. The van der Waals surface area contributed by atoms with Crippen LogP contribution >= 0.6 is 0 Å². The van der Waals surface area contributed by atoms with Crippen LogP contribution in [0.5, 0.6) is 0 Å². The van der Waals surface area contributed by atoms with E-state index in [1.165, 1.54) is 29.2 Å². The summed E-state index contributed by atoms with van der Waals surface area (Å²) < 4.78 is 44.2. The van der Waals surface area contributed by atoms with Crippen LogP contribution in [0, 0.1) is 0 Å². The summed E-state index contributed by atoms with van der Waals surface area (Å²) in [5, 5.41) is 2.18. The molecule has 6 nitrogen and oxygen atoms in total. The van der Waals surface area contributed by atoms with Crippen molar-refractivity contribution in [1.29, 1.82) is 0 Å². The highest BCUT2D eigenvalue weighted by molar-refractivity contribution is 6.08. The number of benzene rings is 1. The predicted molar refractivity (Wildman–Crippen MR) is 89.9 cm³/mol. The van der Waals surface area contributed by atoms with E-state index in [4.69, 9.17) is 4.42 Å². The second-order valence-corrected chi connectivity index (χ2v) is 6.82. The second kappa shape index (κ2) is 6.50. The van der Waals surface area contributed by atoms with Gasteiger partial charge >= 0.3 is 6.18 Å². The number of nitrogens with zero attached hydrogens (tertiary/aromatic N) is 1. The molecular formula is C19H15F3N2O4. The van der Waals surface area contributed by atoms with Gasteiger partial charge in [0.15, 0.2) is 5.76 Å². The molecule has 1 atom stereocenters. The summed E-state index contributed by atoms with van der Waals surface area (Å²) in [6.45, 7) is 0. The molecule has 146 valence electrons. The molecule has 2 aromatic rings. The molecule has 1 N–H and O–H groups in total. The van der Waals surface area contributed by atoms with Gasteiger partial charge in [0.2, 0.25) is 11.8 Å². The Hall–Kier alpha value is -3.10. The Morgan fingerprint density at radius 1 is 1.14 bits per heavy atom. The van der Waals surface area contributed by atoms with Gasteiger partial charge < -0.3 is 9.32 Å². The van der Waals surface area contributed by atoms with Gasteiger partial charge in [-0.25, -0.2) is 0 Å². The zero-order valence-electron chi connectivity index (χ0n) is 14.5. The van der Waals surface area contributed by atoms with Crippen molar-refractivity contribution in [2.75, 3.05) is 0 Å². The van der Waals surface area contributed by atoms with E-state index >= 15 is 0 Å². The van der Waals surface area contributed by atoms with Crippen LogP contribution in [0.15, 0.2) is 40.8 Å². The minimum absolute atomic E-state index is 0.0912. The number of rotatable bonds is 4. The van der Waals surface area contributed by atoms with E-state index in [1.54, 1.807) is 0 Å². The molecule has 2 fully saturated rings. The number of carbonyl (C=O) groups is 3. The lowest BCUT2D eigenvalue weighted by atomic mass is 10.1. The highest BCUT2D eigenvalue weighted by Crippen LogP contribution is 2.35. The van der Waals surface area contributed by atoms with Crippen LogP contribution in [0.4, 0.5) is 13.2 Å². The van der Waals surface area contributed by atoms with E-state index in [0.717, 1.165) is 12.1 Å². The first kappa shape index (κ1) is 18.3. The number of carbonyl (C=O) groups excluding carboxylic acids is 3. The average Bonchev–Trinajstić information content (AvgIpc) is 3.23. The summed E-state index contributed by atoms with van der Waals surface area (Å²) in [6, 6.07) is 6.32. The van der Waals surface area contributed by atoms with Gasteiger partial charge in [0.05, 0.1) is 12.0 Å². The van der Waals surface area contributed by atoms with Gasteiger partial charge in [-0.3, -0.25) is 19.7 Å². The zero-order chi connectivity index (χ0) is 20.1. The minimum atomic E-state index is -4.49. The van der Waals surface area contributed by atoms with Crippen molar-refractivity contribution in [2.24, 2.45) is 0 Å². The molecule has 1 saturated heterocycles. The molecule has 0 bridgehead atoms. The quantitative estimate of drug-likeness (QED) is 0.812. The summed E-state index contributed by atoms with van der Waals surface area (Å²) in [7, 11) is 0. The number of halogens is 3. The Morgan fingerprint density at radius 2 is 1.89 bits per heavy atom. The molecule has 0 radical (unpaired) electrons. The van der Waals surface area contributed by atoms with Crippen molar-refractivity contribution in [1.82, 2.24) is 10.2 Å². The Kier molecular flexibility index (Phi) is 4.24. The third-order valence-corrected chi connectivity index (χ3v) is 4.75. The maximum atomic E-state index is 12.9. The number of alkyl halides is 3. The number of amides is 3. The van der Waals surface area contributed by atoms with Gasteiger partial charge in [-0.15, -0.1) is 0 Å². The first-order chi connectivity index (χ1) is 13.2. The molecule has 1 aliphatic carbocycles. The maximum Gasteiger partial charge on any atom is 0.416 e. The van der Waals surface area contributed by atoms with E-state index in [-0.39, 0.29) is 29.5 Å². The highest BCUT2D eigenvalue weighted by atomic mass is 19.4. The molecule has 4 rings (SSSR count). The Morgan fingerprint density at radius 3 is 2.50 bits per heavy atom. The van der Waals surface area contributed by atoms with E-state index < -0.39 is 35.5 Å². The summed E-state index contributed by atoms with van der Waals surface area (Å²) in [6.07, 6.45) is -3.18. The molecule has 28 heavy (non-hydrogen) atoms. The number of imide groups is 1. The smallest absolute Gasteiger partial charge is 0.416 e. The fourth-order valence-corrected chi connectivity index (χ4v) is 3.26. The van der Waals surface area contributed by atoms with Crippen molar-refractivity contribution >= 4 is 17.7 Å². The van der Waals surface area contributed by atoms with Crippen molar-refractivity contribution < 1.29 is 32.0 Å². The number of nitrogens with one attached hydrogen (secondary N) is 1. The summed E-state index contributed by atoms with van der Waals surface area (Å²) in [5.41, 5.74) is -0.643. The van der Waals surface area contributed by atoms with Crippen LogP contribution < -0.4 is 5.32 Å². The van der Waals surface area contributed by atoms with Crippen LogP contribution in [-0.4, -0.2) is 34.7 Å². The molecule has 9 heteroatoms. The molecule has 1 aliphatic heterocycles. The van der Waals surface area contributed by atoms with Crippen LogP contribution in [0.1, 0.15) is 35.4 Å².